The number of amides is 1. The minimum Gasteiger partial charge on any atom is -0.480 e. The summed E-state index contributed by atoms with van der Waals surface area (Å²) in [5.41, 5.74) is 0. The van der Waals surface area contributed by atoms with Crippen LogP contribution in [0.4, 0.5) is 0 Å². The molecule has 1 atom stereocenters. The maximum atomic E-state index is 11.3. The molecule has 1 aliphatic rings. The maximum absolute atomic E-state index is 11.3. The van der Waals surface area contributed by atoms with Gasteiger partial charge in [-0.1, -0.05) is 5.92 Å². The first-order chi connectivity index (χ1) is 7.15. The van der Waals surface area contributed by atoms with Crippen molar-refractivity contribution in [3.8, 4) is 12.3 Å². The molecule has 2 N–H and O–H groups in total. The lowest BCUT2D eigenvalue weighted by molar-refractivity contribution is -0.142. The number of rotatable bonds is 4. The molecular weight excluding hydrogens is 196 g/mol. The third kappa shape index (κ3) is 3.26. The molecule has 0 radical (unpaired) electrons. The minimum atomic E-state index is -0.864. The molecular formula is C10H14N2O3. The first-order valence-electron chi connectivity index (χ1n) is 4.82. The molecule has 0 bridgehead atoms. The van der Waals surface area contributed by atoms with Crippen molar-refractivity contribution < 1.29 is 14.7 Å². The standard InChI is InChI=1S/C10H14N2O3/c1-2-5-11-9(13)7-12-6-3-4-8(12)10(14)15/h1,8H,3-7H2,(H,11,13)(H,14,15). The first-order valence-corrected chi connectivity index (χ1v) is 4.82. The molecule has 1 rings (SSSR count). The van der Waals surface area contributed by atoms with Crippen molar-refractivity contribution in [1.82, 2.24) is 10.2 Å². The van der Waals surface area contributed by atoms with Crippen LogP contribution in [0.5, 0.6) is 0 Å². The van der Waals surface area contributed by atoms with Crippen molar-refractivity contribution in [3.63, 3.8) is 0 Å². The fraction of sp³-hybridized carbons (Fsp3) is 0.600. The van der Waals surface area contributed by atoms with Gasteiger partial charge in [0.05, 0.1) is 13.1 Å². The highest BCUT2D eigenvalue weighted by Crippen LogP contribution is 2.16. The molecule has 1 fully saturated rings. The Hall–Kier alpha value is -1.54. The SMILES string of the molecule is C#CCNC(=O)CN1CCCC1C(=O)O. The third-order valence-electron chi connectivity index (χ3n) is 2.38. The monoisotopic (exact) mass is 210 g/mol. The van der Waals surface area contributed by atoms with Gasteiger partial charge in [0.25, 0.3) is 0 Å². The lowest BCUT2D eigenvalue weighted by atomic mass is 10.2. The summed E-state index contributed by atoms with van der Waals surface area (Å²) in [5, 5.41) is 11.4. The molecule has 0 saturated carbocycles. The van der Waals surface area contributed by atoms with Crippen LogP contribution in [-0.2, 0) is 9.59 Å². The van der Waals surface area contributed by atoms with Gasteiger partial charge in [-0.05, 0) is 19.4 Å². The van der Waals surface area contributed by atoms with E-state index in [4.69, 9.17) is 11.5 Å². The van der Waals surface area contributed by atoms with Gasteiger partial charge in [-0.25, -0.2) is 0 Å². The zero-order chi connectivity index (χ0) is 11.3. The van der Waals surface area contributed by atoms with Crippen LogP contribution in [0.3, 0.4) is 0 Å². The second-order valence-electron chi connectivity index (χ2n) is 3.45. The van der Waals surface area contributed by atoms with Crippen LogP contribution in [-0.4, -0.2) is 47.6 Å². The number of likely N-dealkylation sites (tertiary alicyclic amines) is 1. The summed E-state index contributed by atoms with van der Waals surface area (Å²) in [6.07, 6.45) is 6.42. The van der Waals surface area contributed by atoms with Gasteiger partial charge in [0, 0.05) is 0 Å². The summed E-state index contributed by atoms with van der Waals surface area (Å²) >= 11 is 0. The fourth-order valence-corrected chi connectivity index (χ4v) is 1.69. The molecule has 1 heterocycles. The van der Waals surface area contributed by atoms with E-state index in [-0.39, 0.29) is 19.0 Å². The van der Waals surface area contributed by atoms with E-state index in [1.807, 2.05) is 0 Å². The Labute approximate surface area is 88.4 Å². The average molecular weight is 210 g/mol. The predicted octanol–water partition coefficient (Wildman–Crippen LogP) is -0.715. The van der Waals surface area contributed by atoms with E-state index >= 15 is 0 Å². The Morgan fingerprint density at radius 1 is 1.60 bits per heavy atom. The Morgan fingerprint density at radius 2 is 2.33 bits per heavy atom. The number of terminal acetylenes is 1. The van der Waals surface area contributed by atoms with Crippen LogP contribution in [0, 0.1) is 12.3 Å². The van der Waals surface area contributed by atoms with E-state index in [0.717, 1.165) is 6.42 Å². The number of carboxylic acids is 1. The Kier molecular flexibility index (Phi) is 4.13. The van der Waals surface area contributed by atoms with Gasteiger partial charge in [-0.15, -0.1) is 6.42 Å². The summed E-state index contributed by atoms with van der Waals surface area (Å²) in [4.78, 5) is 23.7. The summed E-state index contributed by atoms with van der Waals surface area (Å²) < 4.78 is 0. The van der Waals surface area contributed by atoms with Crippen LogP contribution in [0.15, 0.2) is 0 Å². The van der Waals surface area contributed by atoms with Crippen molar-refractivity contribution in [1.29, 1.82) is 0 Å². The van der Waals surface area contributed by atoms with Gasteiger partial charge in [-0.2, -0.15) is 0 Å². The molecule has 0 spiro atoms. The van der Waals surface area contributed by atoms with Crippen molar-refractivity contribution in [3.05, 3.63) is 0 Å². The Balaban J connectivity index is 2.40. The lowest BCUT2D eigenvalue weighted by Gasteiger charge is -2.19. The quantitative estimate of drug-likeness (QED) is 0.601. The van der Waals surface area contributed by atoms with E-state index in [1.165, 1.54) is 0 Å². The van der Waals surface area contributed by atoms with Gasteiger partial charge in [0.2, 0.25) is 5.91 Å². The van der Waals surface area contributed by atoms with Crippen LogP contribution >= 0.6 is 0 Å². The van der Waals surface area contributed by atoms with Gasteiger partial charge >= 0.3 is 5.97 Å². The molecule has 0 aliphatic carbocycles. The van der Waals surface area contributed by atoms with E-state index in [1.54, 1.807) is 4.90 Å². The Bertz CT molecular complexity index is 296. The molecule has 5 heteroatoms. The van der Waals surface area contributed by atoms with Crippen LogP contribution in [0.2, 0.25) is 0 Å². The molecule has 0 aromatic rings. The largest absolute Gasteiger partial charge is 0.480 e. The van der Waals surface area contributed by atoms with Crippen LogP contribution in [0.1, 0.15) is 12.8 Å². The topological polar surface area (TPSA) is 69.6 Å². The van der Waals surface area contributed by atoms with Crippen molar-refractivity contribution >= 4 is 11.9 Å². The maximum Gasteiger partial charge on any atom is 0.320 e. The normalized spacial score (nSPS) is 20.9. The number of hydrogen-bond acceptors (Lipinski definition) is 3. The number of carbonyl (C=O) groups excluding carboxylic acids is 1. The summed E-state index contributed by atoms with van der Waals surface area (Å²) in [5.74, 6) is 1.21. The minimum absolute atomic E-state index is 0.110. The molecule has 1 unspecified atom stereocenters. The smallest absolute Gasteiger partial charge is 0.320 e. The number of nitrogens with zero attached hydrogens (tertiary/aromatic N) is 1. The number of hydrogen-bond donors (Lipinski definition) is 2. The summed E-state index contributed by atoms with van der Waals surface area (Å²) in [6.45, 7) is 0.948. The highest BCUT2D eigenvalue weighted by atomic mass is 16.4. The predicted molar refractivity (Wildman–Crippen MR) is 54.1 cm³/mol. The first kappa shape index (κ1) is 11.5. The average Bonchev–Trinajstić information content (AvgIpc) is 2.62. The second-order valence-corrected chi connectivity index (χ2v) is 3.45. The molecule has 1 aliphatic heterocycles. The van der Waals surface area contributed by atoms with Crippen molar-refractivity contribution in [2.24, 2.45) is 0 Å². The highest BCUT2D eigenvalue weighted by molar-refractivity contribution is 5.80. The molecule has 1 saturated heterocycles. The van der Waals surface area contributed by atoms with Crippen LogP contribution < -0.4 is 5.32 Å². The number of nitrogens with one attached hydrogen (secondary N) is 1. The number of carbonyl (C=O) groups is 2. The highest BCUT2D eigenvalue weighted by Gasteiger charge is 2.31. The molecule has 82 valence electrons. The van der Waals surface area contributed by atoms with Crippen LogP contribution in [0.25, 0.3) is 0 Å². The van der Waals surface area contributed by atoms with Gasteiger partial charge in [0.15, 0.2) is 0 Å². The van der Waals surface area contributed by atoms with E-state index in [0.29, 0.717) is 13.0 Å². The zero-order valence-electron chi connectivity index (χ0n) is 8.40. The molecule has 1 amide bonds. The second kappa shape index (κ2) is 5.37. The fourth-order valence-electron chi connectivity index (χ4n) is 1.69. The van der Waals surface area contributed by atoms with Gasteiger partial charge < -0.3 is 10.4 Å². The zero-order valence-corrected chi connectivity index (χ0v) is 8.40. The molecule has 5 nitrogen and oxygen atoms in total. The van der Waals surface area contributed by atoms with E-state index in [9.17, 15) is 9.59 Å². The number of aliphatic carboxylic acids is 1. The van der Waals surface area contributed by atoms with Crippen molar-refractivity contribution in [2.75, 3.05) is 19.6 Å². The van der Waals surface area contributed by atoms with Gasteiger partial charge in [-0.3, -0.25) is 14.5 Å². The Morgan fingerprint density at radius 3 is 2.93 bits per heavy atom. The lowest BCUT2D eigenvalue weighted by Crippen LogP contribution is -2.43. The van der Waals surface area contributed by atoms with E-state index in [2.05, 4.69) is 11.2 Å². The van der Waals surface area contributed by atoms with Gasteiger partial charge in [0.1, 0.15) is 6.04 Å². The summed E-state index contributed by atoms with van der Waals surface area (Å²) in [7, 11) is 0. The third-order valence-corrected chi connectivity index (χ3v) is 2.38. The van der Waals surface area contributed by atoms with E-state index < -0.39 is 12.0 Å². The molecule has 0 aromatic carbocycles. The summed E-state index contributed by atoms with van der Waals surface area (Å²) in [6, 6.07) is -0.526. The molecule has 0 aromatic heterocycles. The van der Waals surface area contributed by atoms with Crippen molar-refractivity contribution in [2.45, 2.75) is 18.9 Å². The number of carboxylic acid groups (broad SMARTS) is 1. The molecule has 15 heavy (non-hydrogen) atoms.